The second kappa shape index (κ2) is 6.70. The van der Waals surface area contributed by atoms with Crippen LogP contribution in [0.3, 0.4) is 0 Å². The molecule has 17 heavy (non-hydrogen) atoms. The average Bonchev–Trinajstić information content (AvgIpc) is 2.29. The third kappa shape index (κ3) is 3.77. The van der Waals surface area contributed by atoms with Crippen LogP contribution in [0.1, 0.15) is 51.4 Å². The molecule has 3 nitrogen and oxygen atoms in total. The summed E-state index contributed by atoms with van der Waals surface area (Å²) in [5.74, 6) is 0.986. The summed E-state index contributed by atoms with van der Waals surface area (Å²) in [6.07, 6.45) is 4.72. The van der Waals surface area contributed by atoms with Crippen LogP contribution in [0, 0.1) is 12.8 Å². The number of aryl methyl sites for hydroxylation is 1. The lowest BCUT2D eigenvalue weighted by atomic mass is 9.85. The highest BCUT2D eigenvalue weighted by Crippen LogP contribution is 2.27. The van der Waals surface area contributed by atoms with Crippen LogP contribution in [0.2, 0.25) is 0 Å². The molecule has 1 aromatic rings. The van der Waals surface area contributed by atoms with E-state index < -0.39 is 0 Å². The smallest absolute Gasteiger partial charge is 0.0664 e. The summed E-state index contributed by atoms with van der Waals surface area (Å²) in [7, 11) is 0. The Labute approximate surface area is 105 Å². The quantitative estimate of drug-likeness (QED) is 0.824. The van der Waals surface area contributed by atoms with Gasteiger partial charge in [0.1, 0.15) is 0 Å². The van der Waals surface area contributed by atoms with Crippen molar-refractivity contribution in [1.82, 2.24) is 15.3 Å². The first-order chi connectivity index (χ1) is 8.07. The predicted octanol–water partition coefficient (Wildman–Crippen LogP) is 2.91. The molecule has 0 aliphatic rings. The van der Waals surface area contributed by atoms with Gasteiger partial charge < -0.3 is 5.32 Å². The van der Waals surface area contributed by atoms with Crippen LogP contribution in [-0.4, -0.2) is 22.6 Å². The van der Waals surface area contributed by atoms with Gasteiger partial charge in [0.25, 0.3) is 0 Å². The lowest BCUT2D eigenvalue weighted by Crippen LogP contribution is -2.36. The van der Waals surface area contributed by atoms with E-state index in [1.807, 2.05) is 6.92 Å². The van der Waals surface area contributed by atoms with Gasteiger partial charge in [0.05, 0.1) is 11.4 Å². The molecular weight excluding hydrogens is 210 g/mol. The molecule has 0 aromatic carbocycles. The highest BCUT2D eigenvalue weighted by atomic mass is 14.9. The Morgan fingerprint density at radius 1 is 1.18 bits per heavy atom. The summed E-state index contributed by atoms with van der Waals surface area (Å²) in [5, 5.41) is 3.57. The summed E-state index contributed by atoms with van der Waals surface area (Å²) in [5.41, 5.74) is 2.19. The zero-order chi connectivity index (χ0) is 12.8. The summed E-state index contributed by atoms with van der Waals surface area (Å²) in [6, 6.07) is 0.436. The molecule has 0 aliphatic carbocycles. The molecule has 0 saturated carbocycles. The summed E-state index contributed by atoms with van der Waals surface area (Å²) in [4.78, 5) is 8.88. The van der Waals surface area contributed by atoms with Gasteiger partial charge in [0.15, 0.2) is 0 Å². The Balaban J connectivity index is 2.89. The molecule has 0 spiro atoms. The van der Waals surface area contributed by atoms with Gasteiger partial charge in [-0.15, -0.1) is 0 Å². The van der Waals surface area contributed by atoms with E-state index >= 15 is 0 Å². The van der Waals surface area contributed by atoms with E-state index in [2.05, 4.69) is 43.0 Å². The second-order valence-electron chi connectivity index (χ2n) is 5.04. The zero-order valence-corrected chi connectivity index (χ0v) is 11.7. The van der Waals surface area contributed by atoms with Gasteiger partial charge in [0.2, 0.25) is 0 Å². The monoisotopic (exact) mass is 235 g/mol. The topological polar surface area (TPSA) is 37.8 Å². The van der Waals surface area contributed by atoms with Crippen LogP contribution in [0.5, 0.6) is 0 Å². The molecule has 0 bridgehead atoms. The van der Waals surface area contributed by atoms with Crippen molar-refractivity contribution in [3.63, 3.8) is 0 Å². The van der Waals surface area contributed by atoms with E-state index in [0.717, 1.165) is 24.4 Å². The molecule has 0 aliphatic heterocycles. The van der Waals surface area contributed by atoms with Crippen LogP contribution in [0.15, 0.2) is 12.4 Å². The van der Waals surface area contributed by atoms with Crippen LogP contribution < -0.4 is 5.32 Å². The van der Waals surface area contributed by atoms with E-state index in [4.69, 9.17) is 0 Å². The minimum absolute atomic E-state index is 0.426. The molecule has 96 valence electrons. The second-order valence-corrected chi connectivity index (χ2v) is 5.04. The van der Waals surface area contributed by atoms with E-state index in [1.165, 1.54) is 0 Å². The average molecular weight is 235 g/mol. The van der Waals surface area contributed by atoms with Crippen molar-refractivity contribution >= 4 is 0 Å². The SMILES string of the molecule is CCCNC(C)C(c1nccnc1C)C(C)C. The van der Waals surface area contributed by atoms with Gasteiger partial charge in [-0.3, -0.25) is 9.97 Å². The van der Waals surface area contributed by atoms with Crippen LogP contribution in [0.25, 0.3) is 0 Å². The van der Waals surface area contributed by atoms with Crippen molar-refractivity contribution < 1.29 is 0 Å². The van der Waals surface area contributed by atoms with Gasteiger partial charge in [-0.25, -0.2) is 0 Å². The van der Waals surface area contributed by atoms with Crippen LogP contribution >= 0.6 is 0 Å². The highest BCUT2D eigenvalue weighted by molar-refractivity contribution is 5.17. The molecular formula is C14H25N3. The highest BCUT2D eigenvalue weighted by Gasteiger charge is 2.25. The third-order valence-electron chi connectivity index (χ3n) is 3.21. The first kappa shape index (κ1) is 14.1. The number of hydrogen-bond donors (Lipinski definition) is 1. The maximum absolute atomic E-state index is 4.53. The molecule has 3 heteroatoms. The Hall–Kier alpha value is -0.960. The molecule has 0 radical (unpaired) electrons. The van der Waals surface area contributed by atoms with Crippen molar-refractivity contribution in [2.24, 2.45) is 5.92 Å². The zero-order valence-electron chi connectivity index (χ0n) is 11.7. The number of nitrogens with zero attached hydrogens (tertiary/aromatic N) is 2. The number of rotatable bonds is 6. The molecule has 1 N–H and O–H groups in total. The van der Waals surface area contributed by atoms with E-state index in [-0.39, 0.29) is 0 Å². The maximum Gasteiger partial charge on any atom is 0.0664 e. The fraction of sp³-hybridized carbons (Fsp3) is 0.714. The van der Waals surface area contributed by atoms with E-state index in [0.29, 0.717) is 17.9 Å². The molecule has 0 amide bonds. The molecule has 1 rings (SSSR count). The fourth-order valence-corrected chi connectivity index (χ4v) is 2.37. The van der Waals surface area contributed by atoms with Gasteiger partial charge in [-0.2, -0.15) is 0 Å². The van der Waals surface area contributed by atoms with Crippen molar-refractivity contribution in [3.8, 4) is 0 Å². The number of nitrogens with one attached hydrogen (secondary N) is 1. The van der Waals surface area contributed by atoms with Crippen LogP contribution in [0.4, 0.5) is 0 Å². The van der Waals surface area contributed by atoms with Gasteiger partial charge in [-0.1, -0.05) is 20.8 Å². The van der Waals surface area contributed by atoms with Crippen molar-refractivity contribution in [1.29, 1.82) is 0 Å². The number of aromatic nitrogens is 2. The Morgan fingerprint density at radius 3 is 2.35 bits per heavy atom. The Kier molecular flexibility index (Phi) is 5.56. The van der Waals surface area contributed by atoms with E-state index in [9.17, 15) is 0 Å². The minimum atomic E-state index is 0.426. The molecule has 1 heterocycles. The molecule has 0 saturated heterocycles. The summed E-state index contributed by atoms with van der Waals surface area (Å²) >= 11 is 0. The summed E-state index contributed by atoms with van der Waals surface area (Å²) < 4.78 is 0. The first-order valence-electron chi connectivity index (χ1n) is 6.58. The molecule has 2 atom stereocenters. The van der Waals surface area contributed by atoms with Crippen molar-refractivity contribution in [2.75, 3.05) is 6.54 Å². The van der Waals surface area contributed by atoms with Crippen LogP contribution in [-0.2, 0) is 0 Å². The van der Waals surface area contributed by atoms with Gasteiger partial charge in [0, 0.05) is 24.4 Å². The standard InChI is InChI=1S/C14H25N3/c1-6-7-15-11(4)13(10(2)3)14-12(5)16-8-9-17-14/h8-11,13,15H,6-7H2,1-5H3. The normalized spacial score (nSPS) is 14.9. The van der Waals surface area contributed by atoms with Crippen molar-refractivity contribution in [2.45, 2.75) is 53.0 Å². The van der Waals surface area contributed by atoms with Gasteiger partial charge in [-0.05, 0) is 32.7 Å². The lowest BCUT2D eigenvalue weighted by Gasteiger charge is -2.28. The Morgan fingerprint density at radius 2 is 1.82 bits per heavy atom. The Bertz CT molecular complexity index is 336. The largest absolute Gasteiger partial charge is 0.314 e. The first-order valence-corrected chi connectivity index (χ1v) is 6.58. The molecule has 1 aromatic heterocycles. The maximum atomic E-state index is 4.53. The lowest BCUT2D eigenvalue weighted by molar-refractivity contribution is 0.369. The van der Waals surface area contributed by atoms with E-state index in [1.54, 1.807) is 12.4 Å². The summed E-state index contributed by atoms with van der Waals surface area (Å²) in [6.45, 7) is 12.0. The predicted molar refractivity (Wildman–Crippen MR) is 72.1 cm³/mol. The van der Waals surface area contributed by atoms with Crippen molar-refractivity contribution in [3.05, 3.63) is 23.8 Å². The fourth-order valence-electron chi connectivity index (χ4n) is 2.37. The minimum Gasteiger partial charge on any atom is -0.314 e. The number of hydrogen-bond acceptors (Lipinski definition) is 3. The third-order valence-corrected chi connectivity index (χ3v) is 3.21. The van der Waals surface area contributed by atoms with Gasteiger partial charge >= 0.3 is 0 Å². The molecule has 2 unspecified atom stereocenters. The molecule has 0 fully saturated rings.